The molecule has 182 valence electrons. The second-order valence-corrected chi connectivity index (χ2v) is 9.98. The van der Waals surface area contributed by atoms with Gasteiger partial charge in [0.1, 0.15) is 27.6 Å². The zero-order valence-electron chi connectivity index (χ0n) is 19.5. The van der Waals surface area contributed by atoms with E-state index in [4.69, 9.17) is 17.0 Å². The van der Waals surface area contributed by atoms with Crippen LogP contribution in [0.1, 0.15) is 35.6 Å². The molecule has 0 bridgehead atoms. The van der Waals surface area contributed by atoms with Gasteiger partial charge in [-0.15, -0.1) is 0 Å². The fourth-order valence-electron chi connectivity index (χ4n) is 4.23. The number of pyridine rings is 1. The molecule has 3 heterocycles. The number of nitrogens with zero attached hydrogens (tertiary/aromatic N) is 4. The average Bonchev–Trinajstić information content (AvgIpc) is 3.11. The predicted octanol–water partition coefficient (Wildman–Crippen LogP) is 3.82. The van der Waals surface area contributed by atoms with Gasteiger partial charge in [0.25, 0.3) is 11.5 Å². The molecule has 2 saturated heterocycles. The summed E-state index contributed by atoms with van der Waals surface area (Å²) in [5.41, 5.74) is 1.71. The number of carbonyl (C=O) groups is 1. The predicted molar refractivity (Wildman–Crippen MR) is 139 cm³/mol. The Morgan fingerprint density at radius 1 is 1.23 bits per heavy atom. The fraction of sp³-hybridized carbons (Fsp3) is 0.360. The van der Waals surface area contributed by atoms with Crippen LogP contribution < -0.4 is 10.5 Å². The van der Waals surface area contributed by atoms with E-state index >= 15 is 0 Å². The Bertz CT molecular complexity index is 1290. The maximum atomic E-state index is 13.3. The minimum Gasteiger partial charge on any atom is -0.378 e. The highest BCUT2D eigenvalue weighted by Crippen LogP contribution is 2.36. The van der Waals surface area contributed by atoms with Gasteiger partial charge in [-0.3, -0.25) is 19.1 Å². The van der Waals surface area contributed by atoms with Crippen molar-refractivity contribution in [3.63, 3.8) is 0 Å². The average molecular weight is 513 g/mol. The number of benzene rings is 1. The minimum absolute atomic E-state index is 0.0727. The van der Waals surface area contributed by atoms with Crippen molar-refractivity contribution in [2.75, 3.05) is 31.2 Å². The molecule has 0 unspecified atom stereocenters. The number of halogens is 1. The molecule has 1 aromatic heterocycles. The van der Waals surface area contributed by atoms with Crippen molar-refractivity contribution in [3.8, 4) is 6.07 Å². The summed E-state index contributed by atoms with van der Waals surface area (Å²) in [5, 5.41) is 9.75. The number of morpholine rings is 1. The van der Waals surface area contributed by atoms with Gasteiger partial charge in [-0.2, -0.15) is 5.26 Å². The number of anilines is 1. The number of amides is 1. The smallest absolute Gasteiger partial charge is 0.270 e. The van der Waals surface area contributed by atoms with Gasteiger partial charge in [-0.1, -0.05) is 43.0 Å². The molecule has 0 aliphatic carbocycles. The number of nitriles is 1. The lowest BCUT2D eigenvalue weighted by molar-refractivity contribution is -0.122. The zero-order chi connectivity index (χ0) is 25.1. The molecular formula is C25H25FN4O3S2. The van der Waals surface area contributed by atoms with E-state index in [1.165, 1.54) is 28.8 Å². The van der Waals surface area contributed by atoms with Crippen molar-refractivity contribution < 1.29 is 13.9 Å². The van der Waals surface area contributed by atoms with E-state index in [0.29, 0.717) is 65.4 Å². The van der Waals surface area contributed by atoms with Gasteiger partial charge in [0, 0.05) is 25.2 Å². The van der Waals surface area contributed by atoms with Crippen LogP contribution in [-0.4, -0.2) is 46.0 Å². The molecule has 1 amide bonds. The molecule has 2 fully saturated rings. The van der Waals surface area contributed by atoms with Crippen LogP contribution in [0.5, 0.6) is 0 Å². The topological polar surface area (TPSA) is 78.6 Å². The first-order chi connectivity index (χ1) is 16.8. The van der Waals surface area contributed by atoms with Crippen molar-refractivity contribution in [1.29, 1.82) is 5.26 Å². The fourth-order valence-corrected chi connectivity index (χ4v) is 5.47. The third-order valence-electron chi connectivity index (χ3n) is 6.01. The first-order valence-electron chi connectivity index (χ1n) is 11.4. The van der Waals surface area contributed by atoms with Crippen molar-refractivity contribution in [2.45, 2.75) is 33.4 Å². The van der Waals surface area contributed by atoms with Crippen LogP contribution in [0.15, 0.2) is 34.0 Å². The minimum atomic E-state index is -0.347. The van der Waals surface area contributed by atoms with E-state index in [-0.39, 0.29) is 29.4 Å². The summed E-state index contributed by atoms with van der Waals surface area (Å²) in [7, 11) is 0. The highest BCUT2D eigenvalue weighted by Gasteiger charge is 2.33. The number of rotatable bonds is 6. The molecule has 1 aromatic carbocycles. The van der Waals surface area contributed by atoms with Gasteiger partial charge in [0.05, 0.1) is 24.7 Å². The second kappa shape index (κ2) is 10.7. The van der Waals surface area contributed by atoms with Gasteiger partial charge in [-0.05, 0) is 42.7 Å². The van der Waals surface area contributed by atoms with Crippen LogP contribution in [0.2, 0.25) is 0 Å². The number of thioether (sulfide) groups is 1. The molecule has 4 rings (SSSR count). The Morgan fingerprint density at radius 3 is 2.54 bits per heavy atom. The van der Waals surface area contributed by atoms with Crippen LogP contribution in [0, 0.1) is 24.1 Å². The standard InChI is InChI=1S/C25H25FN4O3S2/c1-3-8-29-22(28-9-11-33-12-10-28)19(16(2)20(14-27)23(29)31)13-21-24(32)30(25(34)35-21)15-17-4-6-18(26)7-5-17/h4-7,13H,3,8-12,15H2,1-2H3/b21-13-. The quantitative estimate of drug-likeness (QED) is 0.430. The Labute approximate surface area is 212 Å². The summed E-state index contributed by atoms with van der Waals surface area (Å²) in [6, 6.07) is 8.00. The summed E-state index contributed by atoms with van der Waals surface area (Å²) in [6.45, 7) is 6.65. The summed E-state index contributed by atoms with van der Waals surface area (Å²) in [4.78, 5) is 30.5. The summed E-state index contributed by atoms with van der Waals surface area (Å²) in [6.07, 6.45) is 2.46. The zero-order valence-corrected chi connectivity index (χ0v) is 21.2. The van der Waals surface area contributed by atoms with Crippen molar-refractivity contribution in [1.82, 2.24) is 9.47 Å². The molecule has 2 aliphatic rings. The SMILES string of the molecule is CCCn1c(N2CCOCC2)c(/C=C2\SC(=S)N(Cc3ccc(F)cc3)C2=O)c(C)c(C#N)c1=O. The van der Waals surface area contributed by atoms with Gasteiger partial charge in [0.2, 0.25) is 0 Å². The van der Waals surface area contributed by atoms with Gasteiger partial charge >= 0.3 is 0 Å². The third kappa shape index (κ3) is 5.03. The Balaban J connectivity index is 1.80. The van der Waals surface area contributed by atoms with Gasteiger partial charge < -0.3 is 9.64 Å². The first kappa shape index (κ1) is 25.1. The molecule has 10 heteroatoms. The third-order valence-corrected chi connectivity index (χ3v) is 7.38. The van der Waals surface area contributed by atoms with Crippen molar-refractivity contribution >= 4 is 46.1 Å². The molecule has 2 aliphatic heterocycles. The molecule has 0 radical (unpaired) electrons. The summed E-state index contributed by atoms with van der Waals surface area (Å²) < 4.78 is 20.8. The highest BCUT2D eigenvalue weighted by molar-refractivity contribution is 8.26. The van der Waals surface area contributed by atoms with E-state index in [0.717, 1.165) is 5.56 Å². The molecule has 0 spiro atoms. The van der Waals surface area contributed by atoms with Crippen LogP contribution in [-0.2, 0) is 22.6 Å². The summed E-state index contributed by atoms with van der Waals surface area (Å²) >= 11 is 6.66. The van der Waals surface area contributed by atoms with E-state index in [2.05, 4.69) is 11.0 Å². The van der Waals surface area contributed by atoms with E-state index in [1.807, 2.05) is 6.92 Å². The maximum Gasteiger partial charge on any atom is 0.270 e. The van der Waals surface area contributed by atoms with Gasteiger partial charge in [0.15, 0.2) is 0 Å². The summed E-state index contributed by atoms with van der Waals surface area (Å²) in [5.74, 6) is 0.0875. The van der Waals surface area contributed by atoms with Crippen molar-refractivity contribution in [3.05, 3.63) is 67.6 Å². The number of ether oxygens (including phenoxy) is 1. The molecule has 2 aromatic rings. The number of hydrogen-bond donors (Lipinski definition) is 0. The van der Waals surface area contributed by atoms with E-state index in [9.17, 15) is 19.2 Å². The normalized spacial score (nSPS) is 17.4. The maximum absolute atomic E-state index is 13.3. The number of thiocarbonyl (C=S) groups is 1. The first-order valence-corrected chi connectivity index (χ1v) is 12.6. The lowest BCUT2D eigenvalue weighted by atomic mass is 10.0. The molecule has 0 N–H and O–H groups in total. The van der Waals surface area contributed by atoms with E-state index in [1.54, 1.807) is 29.7 Å². The number of aromatic nitrogens is 1. The van der Waals surface area contributed by atoms with Crippen LogP contribution in [0.25, 0.3) is 6.08 Å². The monoisotopic (exact) mass is 512 g/mol. The Kier molecular flexibility index (Phi) is 7.69. The van der Waals surface area contributed by atoms with Crippen molar-refractivity contribution in [2.24, 2.45) is 0 Å². The molecule has 7 nitrogen and oxygen atoms in total. The molecule has 0 atom stereocenters. The lowest BCUT2D eigenvalue weighted by Gasteiger charge is -2.33. The lowest BCUT2D eigenvalue weighted by Crippen LogP contribution is -2.41. The van der Waals surface area contributed by atoms with Crippen LogP contribution in [0.4, 0.5) is 10.2 Å². The molecule has 0 saturated carbocycles. The molecule has 35 heavy (non-hydrogen) atoms. The largest absolute Gasteiger partial charge is 0.378 e. The number of carbonyl (C=O) groups excluding carboxylic acids is 1. The Morgan fingerprint density at radius 2 is 1.91 bits per heavy atom. The second-order valence-electron chi connectivity index (χ2n) is 8.30. The molecular weight excluding hydrogens is 487 g/mol. The van der Waals surface area contributed by atoms with Gasteiger partial charge in [-0.25, -0.2) is 4.39 Å². The van der Waals surface area contributed by atoms with Crippen LogP contribution in [0.3, 0.4) is 0 Å². The highest BCUT2D eigenvalue weighted by atomic mass is 32.2. The Hall–Kier alpha value is -3.00. The van der Waals surface area contributed by atoms with E-state index < -0.39 is 0 Å². The van der Waals surface area contributed by atoms with Crippen LogP contribution >= 0.6 is 24.0 Å². The number of hydrogen-bond acceptors (Lipinski definition) is 7.